The third kappa shape index (κ3) is 4.04. The minimum atomic E-state index is 0.453. The van der Waals surface area contributed by atoms with E-state index >= 15 is 0 Å². The summed E-state index contributed by atoms with van der Waals surface area (Å²) in [5, 5.41) is 0. The Labute approximate surface area is 93.1 Å². The van der Waals surface area contributed by atoms with Gasteiger partial charge in [-0.05, 0) is 38.9 Å². The van der Waals surface area contributed by atoms with Gasteiger partial charge in [-0.1, -0.05) is 13.8 Å². The van der Waals surface area contributed by atoms with E-state index in [1.165, 1.54) is 6.42 Å². The number of hydrogen-bond donors (Lipinski definition) is 1. The lowest BCUT2D eigenvalue weighted by Gasteiger charge is -2.11. The molecular weight excluding hydrogens is 186 g/mol. The van der Waals surface area contributed by atoms with Crippen molar-refractivity contribution in [3.63, 3.8) is 0 Å². The maximum atomic E-state index is 5.70. The molecule has 1 fully saturated rings. The smallest absolute Gasteiger partial charge is 0.0641 e. The third-order valence-corrected chi connectivity index (χ3v) is 2.67. The number of allylic oxidation sites excluding steroid dienone is 2. The number of likely N-dealkylation sites (N-methyl/N-ethyl adjacent to an activating group) is 1. The minimum absolute atomic E-state index is 0.453. The van der Waals surface area contributed by atoms with Crippen LogP contribution >= 0.6 is 0 Å². The molecule has 86 valence electrons. The first-order valence-electron chi connectivity index (χ1n) is 5.69. The quantitative estimate of drug-likeness (QED) is 0.718. The van der Waals surface area contributed by atoms with E-state index in [4.69, 9.17) is 10.7 Å². The van der Waals surface area contributed by atoms with Crippen molar-refractivity contribution < 1.29 is 0 Å². The molecule has 0 bridgehead atoms. The molecule has 3 nitrogen and oxygen atoms in total. The molecule has 0 saturated carbocycles. The summed E-state index contributed by atoms with van der Waals surface area (Å²) in [7, 11) is 2.15. The molecule has 1 heterocycles. The fourth-order valence-electron chi connectivity index (χ4n) is 1.81. The fourth-order valence-corrected chi connectivity index (χ4v) is 1.81. The Bertz CT molecular complexity index is 262. The molecule has 3 heteroatoms. The number of hydrogen-bond acceptors (Lipinski definition) is 3. The lowest BCUT2D eigenvalue weighted by molar-refractivity contribution is 0.411. The summed E-state index contributed by atoms with van der Waals surface area (Å²) >= 11 is 0. The molecule has 1 aliphatic rings. The van der Waals surface area contributed by atoms with Crippen LogP contribution in [0.25, 0.3) is 0 Å². The monoisotopic (exact) mass is 209 g/mol. The number of nitrogens with zero attached hydrogens (tertiary/aromatic N) is 2. The van der Waals surface area contributed by atoms with E-state index in [1.807, 2.05) is 13.0 Å². The highest BCUT2D eigenvalue weighted by atomic mass is 15.1. The lowest BCUT2D eigenvalue weighted by atomic mass is 10.1. The molecular formula is C12H23N3. The molecule has 15 heavy (non-hydrogen) atoms. The van der Waals surface area contributed by atoms with Gasteiger partial charge in [0.05, 0.1) is 6.04 Å². The van der Waals surface area contributed by atoms with Gasteiger partial charge in [0.15, 0.2) is 0 Å². The van der Waals surface area contributed by atoms with Gasteiger partial charge in [-0.15, -0.1) is 0 Å². The van der Waals surface area contributed by atoms with Crippen molar-refractivity contribution in [3.8, 4) is 0 Å². The maximum absolute atomic E-state index is 5.70. The molecule has 0 aromatic carbocycles. The molecule has 2 N–H and O–H groups in total. The van der Waals surface area contributed by atoms with Crippen LogP contribution in [0.3, 0.4) is 0 Å². The van der Waals surface area contributed by atoms with Crippen molar-refractivity contribution in [2.75, 3.05) is 20.1 Å². The summed E-state index contributed by atoms with van der Waals surface area (Å²) in [6.07, 6.45) is 3.17. The number of rotatable bonds is 3. The average Bonchev–Trinajstić information content (AvgIpc) is 2.49. The summed E-state index contributed by atoms with van der Waals surface area (Å²) < 4.78 is 0. The summed E-state index contributed by atoms with van der Waals surface area (Å²) in [6.45, 7) is 8.48. The van der Waals surface area contributed by atoms with Gasteiger partial charge in [0, 0.05) is 18.0 Å². The van der Waals surface area contributed by atoms with Crippen LogP contribution in [0.4, 0.5) is 0 Å². The Morgan fingerprint density at radius 1 is 1.53 bits per heavy atom. The van der Waals surface area contributed by atoms with E-state index in [-0.39, 0.29) is 0 Å². The van der Waals surface area contributed by atoms with Gasteiger partial charge in [-0.2, -0.15) is 0 Å². The van der Waals surface area contributed by atoms with Crippen LogP contribution in [0.5, 0.6) is 0 Å². The first kappa shape index (κ1) is 12.2. The van der Waals surface area contributed by atoms with Crippen molar-refractivity contribution >= 4 is 5.71 Å². The fraction of sp³-hybridized carbons (Fsp3) is 0.750. The molecule has 0 spiro atoms. The highest BCUT2D eigenvalue weighted by Crippen LogP contribution is 2.13. The van der Waals surface area contributed by atoms with E-state index < -0.39 is 0 Å². The Morgan fingerprint density at radius 3 is 2.60 bits per heavy atom. The predicted octanol–water partition coefficient (Wildman–Crippen LogP) is 1.65. The minimum Gasteiger partial charge on any atom is -0.402 e. The van der Waals surface area contributed by atoms with E-state index in [2.05, 4.69) is 25.8 Å². The first-order chi connectivity index (χ1) is 6.99. The van der Waals surface area contributed by atoms with Gasteiger partial charge < -0.3 is 10.6 Å². The molecule has 0 radical (unpaired) electrons. The van der Waals surface area contributed by atoms with Crippen LogP contribution in [0, 0.1) is 5.92 Å². The van der Waals surface area contributed by atoms with Crippen LogP contribution in [0.15, 0.2) is 16.8 Å². The molecule has 1 unspecified atom stereocenters. The zero-order valence-electron chi connectivity index (χ0n) is 10.3. The first-order valence-corrected chi connectivity index (χ1v) is 5.69. The van der Waals surface area contributed by atoms with Gasteiger partial charge in [0.2, 0.25) is 0 Å². The molecule has 1 atom stereocenters. The predicted molar refractivity (Wildman–Crippen MR) is 66.1 cm³/mol. The molecule has 1 aliphatic heterocycles. The lowest BCUT2D eigenvalue weighted by Crippen LogP contribution is -2.18. The van der Waals surface area contributed by atoms with Crippen molar-refractivity contribution in [2.24, 2.45) is 16.6 Å². The average molecular weight is 209 g/mol. The third-order valence-electron chi connectivity index (χ3n) is 2.67. The van der Waals surface area contributed by atoms with Crippen LogP contribution in [0.1, 0.15) is 27.2 Å². The van der Waals surface area contributed by atoms with Gasteiger partial charge in [-0.25, -0.2) is 0 Å². The summed E-state index contributed by atoms with van der Waals surface area (Å²) in [4.78, 5) is 7.11. The SMILES string of the molecule is CC(N)=CC(=NC1CCN(C)C1)C(C)C. The molecule has 1 saturated heterocycles. The van der Waals surface area contributed by atoms with E-state index in [1.54, 1.807) is 0 Å². The molecule has 0 aromatic rings. The Kier molecular flexibility index (Phi) is 4.33. The summed E-state index contributed by atoms with van der Waals surface area (Å²) in [5.41, 5.74) is 7.68. The summed E-state index contributed by atoms with van der Waals surface area (Å²) in [5.74, 6) is 0.453. The topological polar surface area (TPSA) is 41.6 Å². The number of nitrogens with two attached hydrogens (primary N) is 1. The van der Waals surface area contributed by atoms with Crippen molar-refractivity contribution in [2.45, 2.75) is 33.2 Å². The Morgan fingerprint density at radius 2 is 2.20 bits per heavy atom. The van der Waals surface area contributed by atoms with Crippen molar-refractivity contribution in [1.82, 2.24) is 4.90 Å². The van der Waals surface area contributed by atoms with Gasteiger partial charge >= 0.3 is 0 Å². The van der Waals surface area contributed by atoms with Gasteiger partial charge in [0.25, 0.3) is 0 Å². The van der Waals surface area contributed by atoms with Crippen LogP contribution < -0.4 is 5.73 Å². The van der Waals surface area contributed by atoms with Gasteiger partial charge in [-0.3, -0.25) is 4.99 Å². The highest BCUT2D eigenvalue weighted by Gasteiger charge is 2.19. The normalized spacial score (nSPS) is 25.3. The standard InChI is InChI=1S/C12H23N3/c1-9(2)12(7-10(3)13)14-11-5-6-15(4)8-11/h7,9,11H,5-6,8,13H2,1-4H3. The van der Waals surface area contributed by atoms with Crippen LogP contribution in [-0.4, -0.2) is 36.8 Å². The van der Waals surface area contributed by atoms with Gasteiger partial charge in [0.1, 0.15) is 0 Å². The number of likely N-dealkylation sites (tertiary alicyclic amines) is 1. The maximum Gasteiger partial charge on any atom is 0.0641 e. The second-order valence-electron chi connectivity index (χ2n) is 4.80. The van der Waals surface area contributed by atoms with Crippen molar-refractivity contribution in [1.29, 1.82) is 0 Å². The van der Waals surface area contributed by atoms with E-state index in [9.17, 15) is 0 Å². The molecule has 0 aliphatic carbocycles. The second-order valence-corrected chi connectivity index (χ2v) is 4.80. The van der Waals surface area contributed by atoms with Crippen LogP contribution in [-0.2, 0) is 0 Å². The Hall–Kier alpha value is -0.830. The largest absolute Gasteiger partial charge is 0.402 e. The summed E-state index contributed by atoms with van der Waals surface area (Å²) in [6, 6.07) is 0.461. The molecule has 0 amide bonds. The second kappa shape index (κ2) is 5.31. The van der Waals surface area contributed by atoms with E-state index in [0.717, 1.165) is 24.5 Å². The molecule has 1 rings (SSSR count). The van der Waals surface area contributed by atoms with Crippen molar-refractivity contribution in [3.05, 3.63) is 11.8 Å². The molecule has 0 aromatic heterocycles. The highest BCUT2D eigenvalue weighted by molar-refractivity contribution is 5.96. The Balaban J connectivity index is 2.71. The zero-order chi connectivity index (χ0) is 11.4. The van der Waals surface area contributed by atoms with E-state index in [0.29, 0.717) is 12.0 Å². The number of aliphatic imine (C=N–C) groups is 1. The zero-order valence-corrected chi connectivity index (χ0v) is 10.3. The van der Waals surface area contributed by atoms with Crippen LogP contribution in [0.2, 0.25) is 0 Å².